The summed E-state index contributed by atoms with van der Waals surface area (Å²) in [4.78, 5) is 36.7. The average molecular weight is 377 g/mol. The molecule has 0 radical (unpaired) electrons. The quantitative estimate of drug-likeness (QED) is 0.748. The van der Waals surface area contributed by atoms with Crippen LogP contribution in [0, 0.1) is 0 Å². The number of aryl methyl sites for hydroxylation is 1. The smallest absolute Gasteiger partial charge is 0.356 e. The monoisotopic (exact) mass is 377 g/mol. The van der Waals surface area contributed by atoms with Crippen molar-refractivity contribution in [2.75, 3.05) is 11.9 Å². The van der Waals surface area contributed by atoms with E-state index in [4.69, 9.17) is 9.84 Å². The molecule has 3 rings (SSSR count). The van der Waals surface area contributed by atoms with Crippen LogP contribution in [0.4, 0.5) is 5.00 Å². The first kappa shape index (κ1) is 18.1. The van der Waals surface area contributed by atoms with Gasteiger partial charge in [-0.25, -0.2) is 9.59 Å². The maximum absolute atomic E-state index is 12.4. The number of hydrogen-bond donors (Lipinski definition) is 2. The SMILES string of the molecule is CCOC(=O)c1c(NC(=O)Cn2ccc(C(=O)O)n2)sc2c1CCCC2. The van der Waals surface area contributed by atoms with E-state index in [1.807, 2.05) is 0 Å². The zero-order valence-corrected chi connectivity index (χ0v) is 15.1. The van der Waals surface area contributed by atoms with Gasteiger partial charge in [-0.15, -0.1) is 11.3 Å². The van der Waals surface area contributed by atoms with E-state index < -0.39 is 11.9 Å². The Hall–Kier alpha value is -2.68. The van der Waals surface area contributed by atoms with Crippen LogP contribution in [-0.2, 0) is 28.9 Å². The molecule has 26 heavy (non-hydrogen) atoms. The Balaban J connectivity index is 1.79. The normalized spacial score (nSPS) is 13.1. The van der Waals surface area contributed by atoms with Crippen LogP contribution in [0.3, 0.4) is 0 Å². The van der Waals surface area contributed by atoms with Crippen molar-refractivity contribution in [2.45, 2.75) is 39.2 Å². The lowest BCUT2D eigenvalue weighted by Crippen LogP contribution is -2.20. The molecule has 2 heterocycles. The standard InChI is InChI=1S/C17H19N3O5S/c1-2-25-17(24)14-10-5-3-4-6-12(10)26-15(14)18-13(21)9-20-8-7-11(19-20)16(22)23/h7-8H,2-6,9H2,1H3,(H,18,21)(H,22,23). The lowest BCUT2D eigenvalue weighted by Gasteiger charge is -2.12. The first-order valence-corrected chi connectivity index (χ1v) is 9.19. The van der Waals surface area contributed by atoms with Gasteiger partial charge in [0.1, 0.15) is 11.5 Å². The molecule has 0 fully saturated rings. The van der Waals surface area contributed by atoms with Gasteiger partial charge in [-0.05, 0) is 44.2 Å². The number of carboxylic acids is 1. The number of carbonyl (C=O) groups excluding carboxylic acids is 2. The van der Waals surface area contributed by atoms with Gasteiger partial charge in [0.25, 0.3) is 0 Å². The Bertz CT molecular complexity index is 855. The number of ether oxygens (including phenoxy) is 1. The largest absolute Gasteiger partial charge is 0.476 e. The summed E-state index contributed by atoms with van der Waals surface area (Å²) in [5, 5.41) is 16.0. The Morgan fingerprint density at radius 3 is 2.81 bits per heavy atom. The topological polar surface area (TPSA) is 111 Å². The Kier molecular flexibility index (Phi) is 5.36. The summed E-state index contributed by atoms with van der Waals surface area (Å²) >= 11 is 1.41. The third-order valence-corrected chi connectivity index (χ3v) is 5.28. The summed E-state index contributed by atoms with van der Waals surface area (Å²) in [5.74, 6) is -1.96. The van der Waals surface area contributed by atoms with Crippen molar-refractivity contribution in [3.63, 3.8) is 0 Å². The van der Waals surface area contributed by atoms with Crippen LogP contribution in [0.15, 0.2) is 12.3 Å². The lowest BCUT2D eigenvalue weighted by molar-refractivity contribution is -0.116. The number of aromatic carboxylic acids is 1. The Morgan fingerprint density at radius 1 is 1.35 bits per heavy atom. The molecule has 8 nitrogen and oxygen atoms in total. The van der Waals surface area contributed by atoms with Crippen LogP contribution in [-0.4, -0.2) is 39.3 Å². The highest BCUT2D eigenvalue weighted by Crippen LogP contribution is 2.38. The molecule has 1 aliphatic carbocycles. The predicted molar refractivity (Wildman–Crippen MR) is 94.7 cm³/mol. The second-order valence-electron chi connectivity index (χ2n) is 5.89. The van der Waals surface area contributed by atoms with Crippen molar-refractivity contribution in [3.05, 3.63) is 34.0 Å². The molecule has 0 aliphatic heterocycles. The molecule has 0 aromatic carbocycles. The van der Waals surface area contributed by atoms with Crippen molar-refractivity contribution >= 4 is 34.2 Å². The molecule has 138 valence electrons. The number of fused-ring (bicyclic) bond motifs is 1. The molecule has 1 aliphatic rings. The number of nitrogens with zero attached hydrogens (tertiary/aromatic N) is 2. The fourth-order valence-corrected chi connectivity index (χ4v) is 4.24. The molecule has 0 bridgehead atoms. The Labute approximate surface area is 153 Å². The average Bonchev–Trinajstić information content (AvgIpc) is 3.19. The van der Waals surface area contributed by atoms with Crippen molar-refractivity contribution < 1.29 is 24.2 Å². The number of thiophene rings is 1. The van der Waals surface area contributed by atoms with Gasteiger partial charge < -0.3 is 15.2 Å². The van der Waals surface area contributed by atoms with Gasteiger partial charge >= 0.3 is 11.9 Å². The summed E-state index contributed by atoms with van der Waals surface area (Å²) in [5.41, 5.74) is 1.30. The van der Waals surface area contributed by atoms with Crippen molar-refractivity contribution in [3.8, 4) is 0 Å². The molecule has 0 spiro atoms. The molecule has 9 heteroatoms. The lowest BCUT2D eigenvalue weighted by atomic mass is 9.95. The van der Waals surface area contributed by atoms with Crippen LogP contribution in [0.5, 0.6) is 0 Å². The summed E-state index contributed by atoms with van der Waals surface area (Å²) in [7, 11) is 0. The molecule has 2 N–H and O–H groups in total. The fraction of sp³-hybridized carbons (Fsp3) is 0.412. The number of rotatable bonds is 6. The van der Waals surface area contributed by atoms with E-state index in [1.165, 1.54) is 28.3 Å². The summed E-state index contributed by atoms with van der Waals surface area (Å²) in [6.45, 7) is 1.87. The maximum atomic E-state index is 12.4. The van der Waals surface area contributed by atoms with Gasteiger partial charge in [0.2, 0.25) is 5.91 Å². The molecule has 0 saturated carbocycles. The number of esters is 1. The van der Waals surface area contributed by atoms with E-state index in [0.29, 0.717) is 10.6 Å². The summed E-state index contributed by atoms with van der Waals surface area (Å²) < 4.78 is 6.40. The first-order chi connectivity index (χ1) is 12.5. The van der Waals surface area contributed by atoms with E-state index in [9.17, 15) is 14.4 Å². The van der Waals surface area contributed by atoms with Crippen LogP contribution < -0.4 is 5.32 Å². The molecule has 0 atom stereocenters. The van der Waals surface area contributed by atoms with Crippen molar-refractivity contribution in [1.82, 2.24) is 9.78 Å². The fourth-order valence-electron chi connectivity index (χ4n) is 2.95. The number of anilines is 1. The predicted octanol–water partition coefficient (Wildman–Crippen LogP) is 2.34. The van der Waals surface area contributed by atoms with Gasteiger partial charge in [0.15, 0.2) is 5.69 Å². The van der Waals surface area contributed by atoms with Gasteiger partial charge in [-0.1, -0.05) is 0 Å². The molecular formula is C17H19N3O5S. The minimum absolute atomic E-state index is 0.128. The highest BCUT2D eigenvalue weighted by Gasteiger charge is 2.27. The second-order valence-corrected chi connectivity index (χ2v) is 6.99. The number of amides is 1. The van der Waals surface area contributed by atoms with Gasteiger partial charge in [0, 0.05) is 11.1 Å². The molecule has 1 amide bonds. The van der Waals surface area contributed by atoms with Crippen LogP contribution in [0.1, 0.15) is 51.1 Å². The highest BCUT2D eigenvalue weighted by molar-refractivity contribution is 7.17. The van der Waals surface area contributed by atoms with Crippen LogP contribution >= 0.6 is 11.3 Å². The molecule has 0 saturated heterocycles. The van der Waals surface area contributed by atoms with Crippen molar-refractivity contribution in [1.29, 1.82) is 0 Å². The highest BCUT2D eigenvalue weighted by atomic mass is 32.1. The minimum Gasteiger partial charge on any atom is -0.476 e. The first-order valence-electron chi connectivity index (χ1n) is 8.37. The van der Waals surface area contributed by atoms with E-state index in [2.05, 4.69) is 10.4 Å². The van der Waals surface area contributed by atoms with Crippen molar-refractivity contribution in [2.24, 2.45) is 0 Å². The third-order valence-electron chi connectivity index (χ3n) is 4.07. The molecular weight excluding hydrogens is 358 g/mol. The van der Waals surface area contributed by atoms with E-state index >= 15 is 0 Å². The number of carbonyl (C=O) groups is 3. The van der Waals surface area contributed by atoms with Gasteiger partial charge in [-0.3, -0.25) is 9.48 Å². The minimum atomic E-state index is -1.15. The number of carboxylic acid groups (broad SMARTS) is 1. The molecule has 0 unspecified atom stereocenters. The summed E-state index contributed by atoms with van der Waals surface area (Å²) in [6, 6.07) is 1.32. The number of nitrogens with one attached hydrogen (secondary N) is 1. The number of aromatic nitrogens is 2. The molecule has 2 aromatic heterocycles. The zero-order chi connectivity index (χ0) is 18.7. The number of hydrogen-bond acceptors (Lipinski definition) is 6. The van der Waals surface area contributed by atoms with E-state index in [1.54, 1.807) is 6.92 Å². The molecule has 2 aromatic rings. The van der Waals surface area contributed by atoms with Gasteiger partial charge in [-0.2, -0.15) is 5.10 Å². The van der Waals surface area contributed by atoms with E-state index in [0.717, 1.165) is 36.1 Å². The Morgan fingerprint density at radius 2 is 2.12 bits per heavy atom. The van der Waals surface area contributed by atoms with Gasteiger partial charge in [0.05, 0.1) is 12.2 Å². The summed E-state index contributed by atoms with van der Waals surface area (Å²) in [6.07, 6.45) is 5.19. The van der Waals surface area contributed by atoms with Crippen LogP contribution in [0.2, 0.25) is 0 Å². The van der Waals surface area contributed by atoms with Crippen LogP contribution in [0.25, 0.3) is 0 Å². The third kappa shape index (κ3) is 3.77. The second kappa shape index (κ2) is 7.69. The maximum Gasteiger partial charge on any atom is 0.356 e. The van der Waals surface area contributed by atoms with E-state index in [-0.39, 0.29) is 24.8 Å². The zero-order valence-electron chi connectivity index (χ0n) is 14.3.